The van der Waals surface area contributed by atoms with Crippen LogP contribution < -0.4 is 14.8 Å². The number of anilines is 1. The van der Waals surface area contributed by atoms with Crippen molar-refractivity contribution in [2.45, 2.75) is 59.3 Å². The third-order valence-electron chi connectivity index (χ3n) is 6.12. The van der Waals surface area contributed by atoms with E-state index in [9.17, 15) is 19.2 Å². The van der Waals surface area contributed by atoms with Crippen LogP contribution in [-0.2, 0) is 20.9 Å². The van der Waals surface area contributed by atoms with Crippen molar-refractivity contribution in [2.24, 2.45) is 0 Å². The Balaban J connectivity index is 1.58. The Morgan fingerprint density at radius 3 is 2.16 bits per heavy atom. The number of nitrogens with one attached hydrogen (secondary N) is 1. The molecule has 0 fully saturated rings. The second-order valence-corrected chi connectivity index (χ2v) is 11.0. The molecule has 3 amide bonds. The Bertz CT molecular complexity index is 1460. The van der Waals surface area contributed by atoms with E-state index in [-0.39, 0.29) is 18.8 Å². The van der Waals surface area contributed by atoms with E-state index in [0.29, 0.717) is 28.3 Å². The van der Waals surface area contributed by atoms with Crippen molar-refractivity contribution in [3.8, 4) is 22.6 Å². The Morgan fingerprint density at radius 2 is 1.56 bits per heavy atom. The van der Waals surface area contributed by atoms with Crippen molar-refractivity contribution in [3.05, 3.63) is 77.9 Å². The van der Waals surface area contributed by atoms with Gasteiger partial charge in [0.05, 0.1) is 20.6 Å². The zero-order valence-corrected chi connectivity index (χ0v) is 25.6. The van der Waals surface area contributed by atoms with Crippen molar-refractivity contribution >= 4 is 29.6 Å². The van der Waals surface area contributed by atoms with E-state index in [4.69, 9.17) is 18.9 Å². The highest BCUT2D eigenvalue weighted by atomic mass is 16.6. The van der Waals surface area contributed by atoms with Gasteiger partial charge in [-0.25, -0.2) is 14.5 Å². The van der Waals surface area contributed by atoms with E-state index in [0.717, 1.165) is 16.0 Å². The lowest BCUT2D eigenvalue weighted by Crippen LogP contribution is -2.45. The van der Waals surface area contributed by atoms with E-state index >= 15 is 0 Å². The minimum atomic E-state index is -0.847. The van der Waals surface area contributed by atoms with Crippen molar-refractivity contribution in [3.63, 3.8) is 0 Å². The van der Waals surface area contributed by atoms with Crippen LogP contribution >= 0.6 is 0 Å². The fourth-order valence-corrected chi connectivity index (χ4v) is 4.09. The second-order valence-electron chi connectivity index (χ2n) is 11.0. The monoisotopic (exact) mass is 590 g/mol. The molecular weight excluding hydrogens is 552 g/mol. The van der Waals surface area contributed by atoms with E-state index in [1.807, 2.05) is 12.1 Å². The number of ketones is 1. The highest BCUT2D eigenvalue weighted by molar-refractivity contribution is 6.11. The summed E-state index contributed by atoms with van der Waals surface area (Å²) < 4.78 is 21.4. The van der Waals surface area contributed by atoms with Crippen molar-refractivity contribution in [1.29, 1.82) is 0 Å². The number of amides is 3. The number of carbonyl (C=O) groups is 4. The first-order chi connectivity index (χ1) is 20.3. The largest absolute Gasteiger partial charge is 0.497 e. The van der Waals surface area contributed by atoms with Gasteiger partial charge in [0.2, 0.25) is 5.91 Å². The number of Topliss-reactive ketones (excluding diaryl/α,β-unsaturated/α-hetero) is 1. The molecule has 10 heteroatoms. The lowest BCUT2D eigenvalue weighted by atomic mass is 10.0. The molecule has 0 aliphatic carbocycles. The van der Waals surface area contributed by atoms with Gasteiger partial charge in [-0.3, -0.25) is 9.59 Å². The number of imide groups is 1. The molecule has 3 aromatic rings. The van der Waals surface area contributed by atoms with Crippen LogP contribution in [-0.4, -0.2) is 54.6 Å². The molecule has 0 heterocycles. The number of carbonyl (C=O) groups excluding carboxylic acids is 4. The fraction of sp³-hybridized carbons (Fsp3) is 0.333. The lowest BCUT2D eigenvalue weighted by molar-refractivity contribution is -0.115. The molecule has 43 heavy (non-hydrogen) atoms. The molecule has 0 saturated carbocycles. The van der Waals surface area contributed by atoms with Crippen LogP contribution in [0, 0.1) is 0 Å². The highest BCUT2D eigenvalue weighted by Crippen LogP contribution is 2.33. The number of ether oxygens (including phenoxy) is 4. The van der Waals surface area contributed by atoms with Crippen LogP contribution in [0.4, 0.5) is 15.3 Å². The average molecular weight is 591 g/mol. The fourth-order valence-electron chi connectivity index (χ4n) is 4.09. The number of hydrogen-bond acceptors (Lipinski definition) is 8. The SMILES string of the molecule is COc1ccc(-c2ccc(C(=O)CC(=O)Nc3cccc(COC(=O)N(C(=O)OC(C)(C)C)C(C)C)c3)cc2)c(OC)c1. The molecule has 0 spiro atoms. The standard InChI is InChI=1S/C33H38N2O8/c1-21(2)35(32(39)43-33(3,4)5)31(38)42-20-22-9-8-10-25(17-22)34-30(37)19-28(36)24-13-11-23(12-14-24)27-16-15-26(40-6)18-29(27)41-7/h8-18,21H,19-20H2,1-7H3,(H,34,37). The number of hydrogen-bond donors (Lipinski definition) is 1. The molecule has 0 unspecified atom stereocenters. The molecule has 3 rings (SSSR count). The van der Waals surface area contributed by atoms with Gasteiger partial charge in [-0.1, -0.05) is 36.4 Å². The van der Waals surface area contributed by atoms with Gasteiger partial charge in [0.1, 0.15) is 23.7 Å². The van der Waals surface area contributed by atoms with Crippen molar-refractivity contribution in [2.75, 3.05) is 19.5 Å². The summed E-state index contributed by atoms with van der Waals surface area (Å²) in [6, 6.07) is 18.6. The molecular formula is C33H38N2O8. The summed E-state index contributed by atoms with van der Waals surface area (Å²) in [6.45, 7) is 8.33. The predicted molar refractivity (Wildman–Crippen MR) is 162 cm³/mol. The van der Waals surface area contributed by atoms with Crippen LogP contribution in [0.15, 0.2) is 66.7 Å². The van der Waals surface area contributed by atoms with E-state index in [1.54, 1.807) is 103 Å². The maximum atomic E-state index is 12.8. The average Bonchev–Trinajstić information content (AvgIpc) is 2.94. The van der Waals surface area contributed by atoms with Gasteiger partial charge in [0.25, 0.3) is 0 Å². The van der Waals surface area contributed by atoms with Gasteiger partial charge in [-0.15, -0.1) is 0 Å². The first-order valence-corrected chi connectivity index (χ1v) is 13.7. The zero-order chi connectivity index (χ0) is 31.7. The van der Waals surface area contributed by atoms with Gasteiger partial charge < -0.3 is 24.3 Å². The summed E-state index contributed by atoms with van der Waals surface area (Å²) in [7, 11) is 3.15. The first kappa shape index (κ1) is 32.7. The van der Waals surface area contributed by atoms with E-state index < -0.39 is 29.7 Å². The third-order valence-corrected chi connectivity index (χ3v) is 6.12. The van der Waals surface area contributed by atoms with Crippen molar-refractivity contribution < 1.29 is 38.1 Å². The molecule has 0 bridgehead atoms. The number of nitrogens with zero attached hydrogens (tertiary/aromatic N) is 1. The maximum absolute atomic E-state index is 12.8. The number of methoxy groups -OCH3 is 2. The minimum absolute atomic E-state index is 0.140. The maximum Gasteiger partial charge on any atom is 0.420 e. The summed E-state index contributed by atoms with van der Waals surface area (Å²) in [6.07, 6.45) is -2.00. The van der Waals surface area contributed by atoms with Gasteiger partial charge >= 0.3 is 12.2 Å². The van der Waals surface area contributed by atoms with Crippen LogP contribution in [0.2, 0.25) is 0 Å². The molecule has 0 radical (unpaired) electrons. The molecule has 1 N–H and O–H groups in total. The molecule has 0 saturated heterocycles. The summed E-state index contributed by atoms with van der Waals surface area (Å²) in [5.74, 6) is 0.471. The summed E-state index contributed by atoms with van der Waals surface area (Å²) in [4.78, 5) is 51.5. The van der Waals surface area contributed by atoms with Gasteiger partial charge in [-0.2, -0.15) is 0 Å². The number of rotatable bonds is 10. The predicted octanol–water partition coefficient (Wildman–Crippen LogP) is 6.86. The minimum Gasteiger partial charge on any atom is -0.497 e. The second kappa shape index (κ2) is 14.4. The Kier molecular flexibility index (Phi) is 10.9. The molecule has 10 nitrogen and oxygen atoms in total. The van der Waals surface area contributed by atoms with E-state index in [2.05, 4.69) is 5.32 Å². The summed E-state index contributed by atoms with van der Waals surface area (Å²) in [5.41, 5.74) is 2.32. The van der Waals surface area contributed by atoms with Crippen molar-refractivity contribution in [1.82, 2.24) is 4.90 Å². The molecule has 3 aromatic carbocycles. The topological polar surface area (TPSA) is 120 Å². The number of benzene rings is 3. The van der Waals surface area contributed by atoms with Crippen LogP contribution in [0.5, 0.6) is 11.5 Å². The van der Waals surface area contributed by atoms with Gasteiger partial charge in [-0.05, 0) is 70.0 Å². The quantitative estimate of drug-likeness (QED) is 0.201. The third kappa shape index (κ3) is 9.32. The molecule has 0 aliphatic heterocycles. The van der Waals surface area contributed by atoms with Crippen LogP contribution in [0.3, 0.4) is 0 Å². The summed E-state index contributed by atoms with van der Waals surface area (Å²) >= 11 is 0. The normalized spacial score (nSPS) is 11.0. The summed E-state index contributed by atoms with van der Waals surface area (Å²) in [5, 5.41) is 2.71. The Labute approximate surface area is 251 Å². The smallest absolute Gasteiger partial charge is 0.420 e. The van der Waals surface area contributed by atoms with Crippen LogP contribution in [0.1, 0.15) is 57.0 Å². The zero-order valence-electron chi connectivity index (χ0n) is 25.6. The highest BCUT2D eigenvalue weighted by Gasteiger charge is 2.30. The molecule has 0 atom stereocenters. The van der Waals surface area contributed by atoms with E-state index in [1.165, 1.54) is 0 Å². The Morgan fingerprint density at radius 1 is 0.860 bits per heavy atom. The Hall–Kier alpha value is -4.86. The molecule has 0 aromatic heterocycles. The van der Waals surface area contributed by atoms with Crippen LogP contribution in [0.25, 0.3) is 11.1 Å². The first-order valence-electron chi connectivity index (χ1n) is 13.7. The lowest BCUT2D eigenvalue weighted by Gasteiger charge is -2.28. The molecule has 228 valence electrons. The molecule has 0 aliphatic rings. The van der Waals surface area contributed by atoms with Gasteiger partial charge in [0, 0.05) is 28.9 Å². The van der Waals surface area contributed by atoms with Gasteiger partial charge in [0.15, 0.2) is 5.78 Å².